The predicted molar refractivity (Wildman–Crippen MR) is 77.0 cm³/mol. The number of hydrogen-bond donors (Lipinski definition) is 0. The molecule has 3 heteroatoms. The molecule has 1 aliphatic rings. The standard InChI is InChI=1S/C16H28O3/c1-3-19-16(17)14(2)11-13-18-12-7-10-15-8-5-4-6-9-15/h15H,2-13H2,1H3. The number of esters is 1. The van der Waals surface area contributed by atoms with E-state index in [0.29, 0.717) is 25.2 Å². The molecule has 0 unspecified atom stereocenters. The van der Waals surface area contributed by atoms with Crippen molar-refractivity contribution in [2.24, 2.45) is 5.92 Å². The second-order valence-electron chi connectivity index (χ2n) is 5.33. The third kappa shape index (κ3) is 7.36. The maximum Gasteiger partial charge on any atom is 0.333 e. The summed E-state index contributed by atoms with van der Waals surface area (Å²) < 4.78 is 10.4. The second kappa shape index (κ2) is 10.0. The molecule has 0 saturated heterocycles. The zero-order chi connectivity index (χ0) is 13.9. The van der Waals surface area contributed by atoms with Crippen molar-refractivity contribution in [3.05, 3.63) is 12.2 Å². The van der Waals surface area contributed by atoms with E-state index in [2.05, 4.69) is 6.58 Å². The molecule has 1 rings (SSSR count). The monoisotopic (exact) mass is 268 g/mol. The fourth-order valence-electron chi connectivity index (χ4n) is 2.58. The van der Waals surface area contributed by atoms with E-state index in [4.69, 9.17) is 9.47 Å². The maximum atomic E-state index is 11.3. The highest BCUT2D eigenvalue weighted by Gasteiger charge is 2.12. The highest BCUT2D eigenvalue weighted by molar-refractivity contribution is 5.87. The van der Waals surface area contributed by atoms with E-state index in [-0.39, 0.29) is 5.97 Å². The Bertz CT molecular complexity index is 267. The van der Waals surface area contributed by atoms with E-state index < -0.39 is 0 Å². The van der Waals surface area contributed by atoms with Crippen LogP contribution in [0, 0.1) is 5.92 Å². The zero-order valence-corrected chi connectivity index (χ0v) is 12.3. The first-order valence-electron chi connectivity index (χ1n) is 7.66. The molecule has 0 amide bonds. The van der Waals surface area contributed by atoms with Crippen LogP contribution in [0.15, 0.2) is 12.2 Å². The van der Waals surface area contributed by atoms with Crippen LogP contribution in [0.4, 0.5) is 0 Å². The van der Waals surface area contributed by atoms with Crippen LogP contribution < -0.4 is 0 Å². The molecule has 0 atom stereocenters. The van der Waals surface area contributed by atoms with Crippen LogP contribution in [0.25, 0.3) is 0 Å². The van der Waals surface area contributed by atoms with Gasteiger partial charge in [0.25, 0.3) is 0 Å². The van der Waals surface area contributed by atoms with Crippen molar-refractivity contribution in [2.45, 2.75) is 58.3 Å². The Hall–Kier alpha value is -0.830. The van der Waals surface area contributed by atoms with Gasteiger partial charge in [-0.25, -0.2) is 4.79 Å². The Morgan fingerprint density at radius 1 is 1.21 bits per heavy atom. The molecule has 0 spiro atoms. The van der Waals surface area contributed by atoms with Gasteiger partial charge >= 0.3 is 5.97 Å². The molecule has 0 aliphatic heterocycles. The lowest BCUT2D eigenvalue weighted by Gasteiger charge is -2.21. The summed E-state index contributed by atoms with van der Waals surface area (Å²) in [5, 5.41) is 0. The van der Waals surface area contributed by atoms with Gasteiger partial charge in [0.05, 0.1) is 13.2 Å². The molecule has 110 valence electrons. The molecule has 0 N–H and O–H groups in total. The van der Waals surface area contributed by atoms with Crippen molar-refractivity contribution < 1.29 is 14.3 Å². The van der Waals surface area contributed by atoms with E-state index in [9.17, 15) is 4.79 Å². The lowest BCUT2D eigenvalue weighted by atomic mass is 9.86. The first-order valence-corrected chi connectivity index (χ1v) is 7.66. The normalized spacial score (nSPS) is 16.3. The minimum Gasteiger partial charge on any atom is -0.463 e. The zero-order valence-electron chi connectivity index (χ0n) is 12.3. The summed E-state index contributed by atoms with van der Waals surface area (Å²) in [5.41, 5.74) is 0.508. The number of rotatable bonds is 9. The van der Waals surface area contributed by atoms with Crippen LogP contribution in [0.3, 0.4) is 0 Å². The summed E-state index contributed by atoms with van der Waals surface area (Å²) in [6.07, 6.45) is 10.0. The van der Waals surface area contributed by atoms with Crippen LogP contribution in [-0.4, -0.2) is 25.8 Å². The van der Waals surface area contributed by atoms with Crippen LogP contribution in [0.2, 0.25) is 0 Å². The Morgan fingerprint density at radius 2 is 1.95 bits per heavy atom. The lowest BCUT2D eigenvalue weighted by molar-refractivity contribution is -0.138. The summed E-state index contributed by atoms with van der Waals surface area (Å²) >= 11 is 0. The quantitative estimate of drug-likeness (QED) is 0.362. The van der Waals surface area contributed by atoms with Gasteiger partial charge < -0.3 is 9.47 Å². The molecule has 1 aliphatic carbocycles. The van der Waals surface area contributed by atoms with Crippen LogP contribution in [-0.2, 0) is 14.3 Å². The predicted octanol–water partition coefficient (Wildman–Crippen LogP) is 3.87. The summed E-state index contributed by atoms with van der Waals surface area (Å²) in [6, 6.07) is 0. The topological polar surface area (TPSA) is 35.5 Å². The first-order chi connectivity index (χ1) is 9.24. The van der Waals surface area contributed by atoms with Gasteiger partial charge in [-0.15, -0.1) is 0 Å². The average Bonchev–Trinajstić information content (AvgIpc) is 2.43. The fraction of sp³-hybridized carbons (Fsp3) is 0.812. The molecule has 0 radical (unpaired) electrons. The molecule has 0 bridgehead atoms. The van der Waals surface area contributed by atoms with Crippen LogP contribution in [0.1, 0.15) is 58.3 Å². The van der Waals surface area contributed by atoms with Gasteiger partial charge in [0, 0.05) is 18.6 Å². The molecule has 19 heavy (non-hydrogen) atoms. The van der Waals surface area contributed by atoms with Crippen molar-refractivity contribution >= 4 is 5.97 Å². The van der Waals surface area contributed by atoms with E-state index in [0.717, 1.165) is 18.9 Å². The van der Waals surface area contributed by atoms with Gasteiger partial charge in [0.2, 0.25) is 0 Å². The van der Waals surface area contributed by atoms with Gasteiger partial charge in [-0.2, -0.15) is 0 Å². The van der Waals surface area contributed by atoms with Gasteiger partial charge in [0.15, 0.2) is 0 Å². The molecule has 0 heterocycles. The Labute approximate surface area is 117 Å². The third-order valence-corrected chi connectivity index (χ3v) is 3.74. The highest BCUT2D eigenvalue weighted by Crippen LogP contribution is 2.27. The van der Waals surface area contributed by atoms with Crippen LogP contribution >= 0.6 is 0 Å². The van der Waals surface area contributed by atoms with Crippen molar-refractivity contribution in [1.82, 2.24) is 0 Å². The smallest absolute Gasteiger partial charge is 0.333 e. The molecular weight excluding hydrogens is 240 g/mol. The second-order valence-corrected chi connectivity index (χ2v) is 5.33. The average molecular weight is 268 g/mol. The Balaban J connectivity index is 1.93. The molecule has 1 saturated carbocycles. The maximum absolute atomic E-state index is 11.3. The Morgan fingerprint density at radius 3 is 2.63 bits per heavy atom. The minimum atomic E-state index is -0.298. The fourth-order valence-corrected chi connectivity index (χ4v) is 2.58. The largest absolute Gasteiger partial charge is 0.463 e. The minimum absolute atomic E-state index is 0.298. The lowest BCUT2D eigenvalue weighted by Crippen LogP contribution is -2.10. The summed E-state index contributed by atoms with van der Waals surface area (Å²) in [4.78, 5) is 11.3. The van der Waals surface area contributed by atoms with E-state index >= 15 is 0 Å². The van der Waals surface area contributed by atoms with E-state index in [1.54, 1.807) is 6.92 Å². The Kier molecular flexibility index (Phi) is 8.55. The SMILES string of the molecule is C=C(CCOCCCC1CCCCC1)C(=O)OCC. The molecule has 0 aromatic carbocycles. The van der Waals surface area contributed by atoms with Crippen molar-refractivity contribution in [1.29, 1.82) is 0 Å². The van der Waals surface area contributed by atoms with Gasteiger partial charge in [-0.3, -0.25) is 0 Å². The first kappa shape index (κ1) is 16.2. The molecule has 3 nitrogen and oxygen atoms in total. The van der Waals surface area contributed by atoms with Crippen molar-refractivity contribution in [3.8, 4) is 0 Å². The number of hydrogen-bond acceptors (Lipinski definition) is 3. The van der Waals surface area contributed by atoms with Gasteiger partial charge in [0.1, 0.15) is 0 Å². The van der Waals surface area contributed by atoms with Crippen molar-refractivity contribution in [2.75, 3.05) is 19.8 Å². The number of ether oxygens (including phenoxy) is 2. The van der Waals surface area contributed by atoms with Gasteiger partial charge in [-0.1, -0.05) is 38.7 Å². The van der Waals surface area contributed by atoms with Gasteiger partial charge in [-0.05, 0) is 25.7 Å². The molecule has 0 aromatic heterocycles. The molecule has 1 fully saturated rings. The summed E-state index contributed by atoms with van der Waals surface area (Å²) in [6.45, 7) is 7.28. The van der Waals surface area contributed by atoms with E-state index in [1.807, 2.05) is 0 Å². The van der Waals surface area contributed by atoms with Crippen LogP contribution in [0.5, 0.6) is 0 Å². The number of carbonyl (C=O) groups is 1. The highest BCUT2D eigenvalue weighted by atomic mass is 16.5. The molecular formula is C16H28O3. The van der Waals surface area contributed by atoms with E-state index in [1.165, 1.54) is 38.5 Å². The summed E-state index contributed by atoms with van der Waals surface area (Å²) in [5.74, 6) is 0.625. The molecule has 0 aromatic rings. The summed E-state index contributed by atoms with van der Waals surface area (Å²) in [7, 11) is 0. The number of carbonyl (C=O) groups excluding carboxylic acids is 1. The third-order valence-electron chi connectivity index (χ3n) is 3.74. The van der Waals surface area contributed by atoms with Crippen molar-refractivity contribution in [3.63, 3.8) is 0 Å².